The molecule has 0 saturated carbocycles. The Kier molecular flexibility index (Phi) is 16.0. The van der Waals surface area contributed by atoms with Crippen molar-refractivity contribution in [2.75, 3.05) is 0 Å². The number of allylic oxidation sites excluding steroid dienone is 10. The first-order valence-electron chi connectivity index (χ1n) is 8.92. The summed E-state index contributed by atoms with van der Waals surface area (Å²) in [5.41, 5.74) is 0. The van der Waals surface area contributed by atoms with Crippen molar-refractivity contribution < 1.29 is 9.59 Å². The van der Waals surface area contributed by atoms with Gasteiger partial charge in [-0.2, -0.15) is 0 Å². The zero-order chi connectivity index (χ0) is 17.9. The van der Waals surface area contributed by atoms with Crippen molar-refractivity contribution in [2.45, 2.75) is 65.2 Å². The fourth-order valence-electron chi connectivity index (χ4n) is 1.98. The molecule has 132 valence electrons. The van der Waals surface area contributed by atoms with Crippen molar-refractivity contribution in [2.24, 2.45) is 0 Å². The molecule has 0 bridgehead atoms. The summed E-state index contributed by atoms with van der Waals surface area (Å²) in [6.07, 6.45) is 28.6. The summed E-state index contributed by atoms with van der Waals surface area (Å²) in [5, 5.41) is 0. The largest absolute Gasteiger partial charge is 0.295 e. The van der Waals surface area contributed by atoms with E-state index in [1.165, 1.54) is 0 Å². The molecule has 0 aromatic carbocycles. The van der Waals surface area contributed by atoms with Gasteiger partial charge in [-0.15, -0.1) is 0 Å². The third-order valence-corrected chi connectivity index (χ3v) is 3.21. The van der Waals surface area contributed by atoms with Crippen LogP contribution in [0.1, 0.15) is 65.2 Å². The second-order valence-corrected chi connectivity index (χ2v) is 5.75. The normalized spacial score (nSPS) is 12.6. The first-order chi connectivity index (χ1) is 11.6. The molecule has 0 aromatic rings. The Labute approximate surface area is 147 Å². The van der Waals surface area contributed by atoms with Gasteiger partial charge in [-0.1, -0.05) is 48.6 Å². The van der Waals surface area contributed by atoms with Gasteiger partial charge < -0.3 is 0 Å². The van der Waals surface area contributed by atoms with Gasteiger partial charge in [0.25, 0.3) is 0 Å². The molecule has 0 aromatic heterocycles. The lowest BCUT2D eigenvalue weighted by atomic mass is 10.2. The smallest absolute Gasteiger partial charge is 0.152 e. The van der Waals surface area contributed by atoms with E-state index in [1.54, 1.807) is 26.0 Å². The molecular formula is C22H32O2. The Hall–Kier alpha value is -1.96. The highest BCUT2D eigenvalue weighted by Crippen LogP contribution is 2.01. The molecule has 0 amide bonds. The highest BCUT2D eigenvalue weighted by molar-refractivity contribution is 5.87. The number of carbonyl (C=O) groups is 2. The molecule has 0 N–H and O–H groups in total. The van der Waals surface area contributed by atoms with Crippen LogP contribution in [0, 0.1) is 0 Å². The van der Waals surface area contributed by atoms with Crippen LogP contribution in [0.5, 0.6) is 0 Å². The minimum absolute atomic E-state index is 0.115. The molecule has 0 atom stereocenters. The molecule has 2 heteroatoms. The number of unbranched alkanes of at least 4 members (excludes halogenated alkanes) is 4. The SMILES string of the molecule is CC(=O)/C=C/CC/C=C/CC/C=C\CC/C=C/CC/C=C/C(C)=O. The maximum Gasteiger partial charge on any atom is 0.152 e. The van der Waals surface area contributed by atoms with Crippen LogP contribution in [0.2, 0.25) is 0 Å². The third kappa shape index (κ3) is 20.0. The molecule has 0 spiro atoms. The van der Waals surface area contributed by atoms with Gasteiger partial charge in [-0.05, 0) is 77.4 Å². The van der Waals surface area contributed by atoms with Gasteiger partial charge in [0.15, 0.2) is 11.6 Å². The summed E-state index contributed by atoms with van der Waals surface area (Å²) >= 11 is 0. The molecule has 0 fully saturated rings. The number of rotatable bonds is 14. The Balaban J connectivity index is 3.43. The maximum atomic E-state index is 10.7. The minimum atomic E-state index is 0.115. The number of ketones is 2. The molecule has 0 radical (unpaired) electrons. The average molecular weight is 328 g/mol. The molecule has 0 aliphatic heterocycles. The zero-order valence-corrected chi connectivity index (χ0v) is 15.2. The van der Waals surface area contributed by atoms with E-state index < -0.39 is 0 Å². The van der Waals surface area contributed by atoms with Gasteiger partial charge in [0, 0.05) is 0 Å². The fraction of sp³-hybridized carbons (Fsp3) is 0.455. The summed E-state index contributed by atoms with van der Waals surface area (Å²) < 4.78 is 0. The second-order valence-electron chi connectivity index (χ2n) is 5.75. The molecule has 0 aliphatic rings. The monoisotopic (exact) mass is 328 g/mol. The van der Waals surface area contributed by atoms with Gasteiger partial charge >= 0.3 is 0 Å². The molecule has 2 nitrogen and oxygen atoms in total. The fourth-order valence-corrected chi connectivity index (χ4v) is 1.98. The van der Waals surface area contributed by atoms with E-state index in [2.05, 4.69) is 36.5 Å². The van der Waals surface area contributed by atoms with Crippen LogP contribution < -0.4 is 0 Å². The first kappa shape index (κ1) is 22.0. The molecule has 24 heavy (non-hydrogen) atoms. The molecular weight excluding hydrogens is 296 g/mol. The number of hydrogen-bond acceptors (Lipinski definition) is 2. The summed E-state index contributed by atoms with van der Waals surface area (Å²) in [5.74, 6) is 0.229. The van der Waals surface area contributed by atoms with Crippen LogP contribution in [0.15, 0.2) is 60.8 Å². The quantitative estimate of drug-likeness (QED) is 0.220. The van der Waals surface area contributed by atoms with Crippen LogP contribution >= 0.6 is 0 Å². The van der Waals surface area contributed by atoms with E-state index in [0.717, 1.165) is 51.4 Å². The second kappa shape index (κ2) is 17.4. The van der Waals surface area contributed by atoms with Crippen molar-refractivity contribution in [3.63, 3.8) is 0 Å². The van der Waals surface area contributed by atoms with Crippen molar-refractivity contribution in [1.29, 1.82) is 0 Å². The molecule has 0 saturated heterocycles. The van der Waals surface area contributed by atoms with Crippen LogP contribution in [0.25, 0.3) is 0 Å². The van der Waals surface area contributed by atoms with E-state index in [1.807, 2.05) is 12.2 Å². The number of hydrogen-bond donors (Lipinski definition) is 0. The topological polar surface area (TPSA) is 34.1 Å². The van der Waals surface area contributed by atoms with Crippen LogP contribution in [-0.4, -0.2) is 11.6 Å². The zero-order valence-electron chi connectivity index (χ0n) is 15.2. The van der Waals surface area contributed by atoms with E-state index in [9.17, 15) is 9.59 Å². The number of carbonyl (C=O) groups excluding carboxylic acids is 2. The molecule has 0 rings (SSSR count). The van der Waals surface area contributed by atoms with Crippen LogP contribution in [0.4, 0.5) is 0 Å². The Morgan fingerprint density at radius 3 is 0.875 bits per heavy atom. The molecule has 0 unspecified atom stereocenters. The van der Waals surface area contributed by atoms with Gasteiger partial charge in [-0.3, -0.25) is 9.59 Å². The highest BCUT2D eigenvalue weighted by atomic mass is 16.1. The lowest BCUT2D eigenvalue weighted by Crippen LogP contribution is -1.79. The predicted octanol–water partition coefficient (Wildman–Crippen LogP) is 6.07. The van der Waals surface area contributed by atoms with Gasteiger partial charge in [0.2, 0.25) is 0 Å². The van der Waals surface area contributed by atoms with E-state index >= 15 is 0 Å². The highest BCUT2D eigenvalue weighted by Gasteiger charge is 1.83. The van der Waals surface area contributed by atoms with Gasteiger partial charge in [0.05, 0.1) is 0 Å². The summed E-state index contributed by atoms with van der Waals surface area (Å²) in [4.78, 5) is 21.4. The van der Waals surface area contributed by atoms with Gasteiger partial charge in [0.1, 0.15) is 0 Å². The standard InChI is InChI=1S/C22H32O2/c1-21(23)19-17-15-13-11-9-7-5-3-4-6-8-10-12-14-16-18-20-22(2)24/h3-4,9-12,17-20H,5-8,13-16H2,1-2H3/b4-3-,11-9+,12-10+,19-17+,20-18+. The first-order valence-corrected chi connectivity index (χ1v) is 8.92. The predicted molar refractivity (Wildman–Crippen MR) is 104 cm³/mol. The summed E-state index contributed by atoms with van der Waals surface area (Å²) in [6, 6.07) is 0. The molecule has 0 heterocycles. The average Bonchev–Trinajstić information content (AvgIpc) is 2.53. The van der Waals surface area contributed by atoms with E-state index in [-0.39, 0.29) is 11.6 Å². The Morgan fingerprint density at radius 2 is 0.667 bits per heavy atom. The summed E-state index contributed by atoms with van der Waals surface area (Å²) in [7, 11) is 0. The van der Waals surface area contributed by atoms with Crippen LogP contribution in [-0.2, 0) is 9.59 Å². The third-order valence-electron chi connectivity index (χ3n) is 3.21. The molecule has 0 aliphatic carbocycles. The van der Waals surface area contributed by atoms with Crippen molar-refractivity contribution in [3.8, 4) is 0 Å². The maximum absolute atomic E-state index is 10.7. The lowest BCUT2D eigenvalue weighted by molar-refractivity contribution is -0.113. The summed E-state index contributed by atoms with van der Waals surface area (Å²) in [6.45, 7) is 3.14. The van der Waals surface area contributed by atoms with Gasteiger partial charge in [-0.25, -0.2) is 0 Å². The lowest BCUT2D eigenvalue weighted by Gasteiger charge is -1.90. The van der Waals surface area contributed by atoms with Crippen molar-refractivity contribution in [1.82, 2.24) is 0 Å². The minimum Gasteiger partial charge on any atom is -0.295 e. The van der Waals surface area contributed by atoms with E-state index in [0.29, 0.717) is 0 Å². The van der Waals surface area contributed by atoms with Crippen molar-refractivity contribution in [3.05, 3.63) is 60.8 Å². The van der Waals surface area contributed by atoms with Crippen molar-refractivity contribution >= 4 is 11.6 Å². The van der Waals surface area contributed by atoms with E-state index in [4.69, 9.17) is 0 Å². The Bertz CT molecular complexity index is 432. The van der Waals surface area contributed by atoms with Crippen LogP contribution in [0.3, 0.4) is 0 Å². The Morgan fingerprint density at radius 1 is 0.458 bits per heavy atom.